The van der Waals surface area contributed by atoms with Crippen LogP contribution in [-0.2, 0) is 6.54 Å². The summed E-state index contributed by atoms with van der Waals surface area (Å²) in [6.45, 7) is 0.312. The summed E-state index contributed by atoms with van der Waals surface area (Å²) in [5.74, 6) is 0.0451. The van der Waals surface area contributed by atoms with Crippen molar-refractivity contribution < 1.29 is 9.53 Å². The van der Waals surface area contributed by atoms with Crippen LogP contribution in [0, 0.1) is 0 Å². The van der Waals surface area contributed by atoms with Crippen molar-refractivity contribution >= 4 is 44.9 Å². The first-order valence-electron chi connectivity index (χ1n) is 8.06. The van der Waals surface area contributed by atoms with Crippen molar-refractivity contribution in [2.24, 2.45) is 0 Å². The third kappa shape index (κ3) is 4.92. The minimum atomic E-state index is -0.531. The van der Waals surface area contributed by atoms with Gasteiger partial charge in [-0.15, -0.1) is 0 Å². The molecule has 0 saturated heterocycles. The quantitative estimate of drug-likeness (QED) is 0.539. The van der Waals surface area contributed by atoms with Crippen molar-refractivity contribution in [3.8, 4) is 5.75 Å². The van der Waals surface area contributed by atoms with E-state index >= 15 is 0 Å². The molecule has 2 aromatic carbocycles. The molecular weight excluding hydrogens is 471 g/mol. The third-order valence-electron chi connectivity index (χ3n) is 3.80. The first-order chi connectivity index (χ1) is 13.3. The minimum Gasteiger partial charge on any atom is -0.491 e. The van der Waals surface area contributed by atoms with Gasteiger partial charge in [0.2, 0.25) is 0 Å². The summed E-state index contributed by atoms with van der Waals surface area (Å²) in [4.78, 5) is 37.9. The van der Waals surface area contributed by atoms with Crippen LogP contribution in [0.5, 0.6) is 5.75 Å². The second-order valence-electron chi connectivity index (χ2n) is 5.78. The Hall–Kier alpha value is -2.35. The average Bonchev–Trinajstić information content (AvgIpc) is 2.63. The van der Waals surface area contributed by atoms with Crippen LogP contribution in [0.15, 0.2) is 62.7 Å². The Morgan fingerprint density at radius 1 is 1.07 bits per heavy atom. The first-order valence-corrected chi connectivity index (χ1v) is 9.61. The molecule has 0 saturated carbocycles. The van der Waals surface area contributed by atoms with Gasteiger partial charge in [-0.3, -0.25) is 19.1 Å². The number of benzene rings is 2. The van der Waals surface area contributed by atoms with Gasteiger partial charge in [0.05, 0.1) is 12.1 Å². The lowest BCUT2D eigenvalue weighted by Gasteiger charge is -2.12. The van der Waals surface area contributed by atoms with Crippen molar-refractivity contribution in [1.82, 2.24) is 9.55 Å². The smallest absolute Gasteiger partial charge is 0.328 e. The van der Waals surface area contributed by atoms with Gasteiger partial charge in [-0.2, -0.15) is 0 Å². The van der Waals surface area contributed by atoms with Crippen LogP contribution in [0.2, 0.25) is 10.0 Å². The molecule has 0 spiro atoms. The molecule has 0 fully saturated rings. The summed E-state index contributed by atoms with van der Waals surface area (Å²) in [5, 5.41) is 0.705. The molecule has 0 atom stereocenters. The molecule has 6 nitrogen and oxygen atoms in total. The molecule has 144 valence electrons. The lowest BCUT2D eigenvalue weighted by Crippen LogP contribution is -2.30. The van der Waals surface area contributed by atoms with Gasteiger partial charge in [0.15, 0.2) is 5.78 Å². The van der Waals surface area contributed by atoms with Gasteiger partial charge in [-0.05, 0) is 36.4 Å². The Morgan fingerprint density at radius 3 is 2.46 bits per heavy atom. The van der Waals surface area contributed by atoms with Crippen LogP contribution in [0.3, 0.4) is 0 Å². The van der Waals surface area contributed by atoms with Gasteiger partial charge in [-0.25, -0.2) is 4.79 Å². The zero-order chi connectivity index (χ0) is 20.3. The Balaban J connectivity index is 1.83. The number of nitrogens with one attached hydrogen (secondary N) is 1. The van der Waals surface area contributed by atoms with E-state index in [-0.39, 0.29) is 18.9 Å². The summed E-state index contributed by atoms with van der Waals surface area (Å²) >= 11 is 15.3. The fraction of sp³-hybridized carbons (Fsp3) is 0.105. The van der Waals surface area contributed by atoms with E-state index in [1.807, 2.05) is 0 Å². The highest BCUT2D eigenvalue weighted by molar-refractivity contribution is 9.10. The molecule has 0 aliphatic heterocycles. The number of halogens is 3. The van der Waals surface area contributed by atoms with Crippen molar-refractivity contribution in [1.29, 1.82) is 0 Å². The molecule has 3 aromatic rings. The number of nitrogens with zero attached hydrogens (tertiary/aromatic N) is 1. The van der Waals surface area contributed by atoms with Gasteiger partial charge in [0, 0.05) is 32.3 Å². The highest BCUT2D eigenvalue weighted by Crippen LogP contribution is 2.28. The largest absolute Gasteiger partial charge is 0.491 e. The van der Waals surface area contributed by atoms with E-state index in [2.05, 4.69) is 20.9 Å². The summed E-state index contributed by atoms with van der Waals surface area (Å²) in [6.07, 6.45) is 1.38. The van der Waals surface area contributed by atoms with E-state index in [9.17, 15) is 14.4 Å². The van der Waals surface area contributed by atoms with Gasteiger partial charge in [0.1, 0.15) is 12.4 Å². The van der Waals surface area contributed by atoms with E-state index in [4.69, 9.17) is 27.9 Å². The molecule has 0 aliphatic rings. The molecule has 0 radical (unpaired) electrons. The molecular formula is C19H13BrCl2N2O4. The fourth-order valence-corrected chi connectivity index (χ4v) is 3.41. The van der Waals surface area contributed by atoms with E-state index < -0.39 is 11.2 Å². The number of carbonyl (C=O) groups is 1. The fourth-order valence-electron chi connectivity index (χ4n) is 2.52. The summed E-state index contributed by atoms with van der Waals surface area (Å²) in [6, 6.07) is 10.9. The zero-order valence-corrected chi connectivity index (χ0v) is 17.3. The molecule has 1 aromatic heterocycles. The van der Waals surface area contributed by atoms with Crippen LogP contribution in [0.1, 0.15) is 15.9 Å². The van der Waals surface area contributed by atoms with Crippen molar-refractivity contribution in [2.75, 3.05) is 6.61 Å². The lowest BCUT2D eigenvalue weighted by molar-refractivity contribution is 0.103. The van der Waals surface area contributed by atoms with E-state index in [1.165, 1.54) is 29.0 Å². The number of ether oxygens (including phenoxy) is 1. The van der Waals surface area contributed by atoms with Crippen LogP contribution >= 0.6 is 39.1 Å². The van der Waals surface area contributed by atoms with Crippen LogP contribution in [0.25, 0.3) is 0 Å². The Kier molecular flexibility index (Phi) is 6.39. The molecule has 0 aliphatic carbocycles. The highest BCUT2D eigenvalue weighted by atomic mass is 79.9. The second kappa shape index (κ2) is 8.77. The number of ketones is 1. The maximum atomic E-state index is 12.9. The maximum Gasteiger partial charge on any atom is 0.328 e. The van der Waals surface area contributed by atoms with E-state index in [1.54, 1.807) is 24.3 Å². The predicted molar refractivity (Wildman–Crippen MR) is 111 cm³/mol. The van der Waals surface area contributed by atoms with E-state index in [0.29, 0.717) is 31.4 Å². The van der Waals surface area contributed by atoms with Gasteiger partial charge in [0.25, 0.3) is 5.56 Å². The van der Waals surface area contributed by atoms with Crippen molar-refractivity contribution in [3.05, 3.63) is 95.1 Å². The molecule has 1 N–H and O–H groups in total. The number of aromatic nitrogens is 2. The second-order valence-corrected chi connectivity index (χ2v) is 7.57. The van der Waals surface area contributed by atoms with Gasteiger partial charge < -0.3 is 4.74 Å². The molecule has 0 unspecified atom stereocenters. The Labute approximate surface area is 177 Å². The van der Waals surface area contributed by atoms with Crippen LogP contribution in [0.4, 0.5) is 0 Å². The first kappa shape index (κ1) is 20.4. The Bertz CT molecular complexity index is 1140. The highest BCUT2D eigenvalue weighted by Gasteiger charge is 2.17. The number of H-pyrrole nitrogens is 1. The predicted octanol–water partition coefficient (Wildman–Crippen LogP) is 3.92. The molecule has 28 heavy (non-hydrogen) atoms. The summed E-state index contributed by atoms with van der Waals surface area (Å²) in [5.41, 5.74) is -0.348. The summed E-state index contributed by atoms with van der Waals surface area (Å²) < 4.78 is 7.73. The molecule has 0 amide bonds. The maximum absolute atomic E-state index is 12.9. The standard InChI is InChI=1S/C19H13BrCl2N2O4/c20-12-1-2-16(28-6-5-24-4-3-17(25)23-19(24)27)15(9-12)18(26)11-7-13(21)10-14(22)8-11/h1-4,7-10H,5-6H2,(H,23,25,27). The number of aromatic amines is 1. The van der Waals surface area contributed by atoms with Crippen LogP contribution in [-0.4, -0.2) is 21.9 Å². The topological polar surface area (TPSA) is 81.2 Å². The van der Waals surface area contributed by atoms with Crippen molar-refractivity contribution in [2.45, 2.75) is 6.54 Å². The molecule has 1 heterocycles. The normalized spacial score (nSPS) is 10.7. The molecule has 3 rings (SSSR count). The zero-order valence-electron chi connectivity index (χ0n) is 14.2. The van der Waals surface area contributed by atoms with E-state index in [0.717, 1.165) is 0 Å². The Morgan fingerprint density at radius 2 is 1.79 bits per heavy atom. The molecule has 9 heteroatoms. The number of carbonyl (C=O) groups excluding carboxylic acids is 1. The summed E-state index contributed by atoms with van der Waals surface area (Å²) in [7, 11) is 0. The third-order valence-corrected chi connectivity index (χ3v) is 4.73. The SMILES string of the molecule is O=C(c1cc(Cl)cc(Cl)c1)c1cc(Br)ccc1OCCn1ccc(=O)[nH]c1=O. The molecule has 0 bridgehead atoms. The average molecular weight is 484 g/mol. The van der Waals surface area contributed by atoms with Gasteiger partial charge in [-0.1, -0.05) is 39.1 Å². The minimum absolute atomic E-state index is 0.115. The number of hydrogen-bond acceptors (Lipinski definition) is 4. The van der Waals surface area contributed by atoms with Crippen molar-refractivity contribution in [3.63, 3.8) is 0 Å². The van der Waals surface area contributed by atoms with Gasteiger partial charge >= 0.3 is 5.69 Å². The van der Waals surface area contributed by atoms with Crippen LogP contribution < -0.4 is 16.0 Å². The monoisotopic (exact) mass is 482 g/mol. The number of hydrogen-bond donors (Lipinski definition) is 1. The number of rotatable bonds is 6. The lowest BCUT2D eigenvalue weighted by atomic mass is 10.0.